The van der Waals surface area contributed by atoms with Crippen molar-refractivity contribution in [1.29, 1.82) is 0 Å². The molecule has 4 aromatic rings. The number of hydrogen-bond donors (Lipinski definition) is 3. The Morgan fingerprint density at radius 2 is 1.78 bits per heavy atom. The molecule has 1 heterocycles. The number of H-pyrrole nitrogens is 1. The molecule has 0 aliphatic rings. The molecule has 5 heteroatoms. The number of hydrogen-bond acceptors (Lipinski definition) is 3. The van der Waals surface area contributed by atoms with Gasteiger partial charge in [0.2, 0.25) is 0 Å². The van der Waals surface area contributed by atoms with Crippen LogP contribution in [0.15, 0.2) is 60.7 Å². The van der Waals surface area contributed by atoms with Crippen molar-refractivity contribution < 1.29 is 9.84 Å². The number of aromatic amines is 1. The molecule has 0 unspecified atom stereocenters. The summed E-state index contributed by atoms with van der Waals surface area (Å²) >= 11 is 2.60. The minimum atomic E-state index is 0.150. The summed E-state index contributed by atoms with van der Waals surface area (Å²) < 4.78 is 7.08. The average molecular weight is 420 g/mol. The normalized spacial score (nSPS) is 11.2. The second kappa shape index (κ2) is 8.08. The Morgan fingerprint density at radius 3 is 2.67 bits per heavy atom. The Bertz CT molecular complexity index is 1070. The summed E-state index contributed by atoms with van der Waals surface area (Å²) in [6.45, 7) is 1.40. The number of aromatic nitrogens is 1. The Hall–Kier alpha value is -2.42. The van der Waals surface area contributed by atoms with Crippen molar-refractivity contribution in [3.05, 3.63) is 66.2 Å². The Labute approximate surface area is 167 Å². The first-order chi connectivity index (χ1) is 13.3. The van der Waals surface area contributed by atoms with Crippen LogP contribution >= 0.6 is 0 Å². The first-order valence-electron chi connectivity index (χ1n) is 9.05. The van der Waals surface area contributed by atoms with Crippen molar-refractivity contribution in [1.82, 2.24) is 4.98 Å². The summed E-state index contributed by atoms with van der Waals surface area (Å²) in [6, 6.07) is 20.6. The van der Waals surface area contributed by atoms with E-state index in [0.29, 0.717) is 19.6 Å². The molecule has 0 aliphatic carbocycles. The minimum absolute atomic E-state index is 0.150. The van der Waals surface area contributed by atoms with Crippen LogP contribution in [0.2, 0.25) is 0 Å². The van der Waals surface area contributed by atoms with Gasteiger partial charge in [-0.25, -0.2) is 0 Å². The molecule has 1 aromatic heterocycles. The van der Waals surface area contributed by atoms with E-state index in [1.807, 2.05) is 30.3 Å². The predicted molar refractivity (Wildman–Crippen MR) is 112 cm³/mol. The molecule has 0 saturated heterocycles. The van der Waals surface area contributed by atoms with Gasteiger partial charge >= 0.3 is 167 Å². The fraction of sp³-hybridized carbons (Fsp3) is 0.182. The summed E-state index contributed by atoms with van der Waals surface area (Å²) in [6.07, 6.45) is 0.650. The third-order valence-corrected chi connectivity index (χ3v) is 5.39. The zero-order valence-corrected chi connectivity index (χ0v) is 16.8. The van der Waals surface area contributed by atoms with E-state index in [0.717, 1.165) is 32.4 Å². The van der Waals surface area contributed by atoms with Gasteiger partial charge in [-0.15, -0.1) is 0 Å². The number of nitrogens with one attached hydrogen (secondary N) is 2. The van der Waals surface area contributed by atoms with Crippen LogP contribution in [0.3, 0.4) is 0 Å². The van der Waals surface area contributed by atoms with Crippen LogP contribution in [-0.4, -0.2) is 46.7 Å². The number of benzene rings is 3. The van der Waals surface area contributed by atoms with Crippen LogP contribution in [0.1, 0.15) is 5.56 Å². The Kier molecular flexibility index (Phi) is 5.37. The van der Waals surface area contributed by atoms with Crippen molar-refractivity contribution in [3.63, 3.8) is 0 Å². The average Bonchev–Trinajstić information content (AvgIpc) is 3.04. The zero-order chi connectivity index (χ0) is 18.6. The molecule has 4 nitrogen and oxygen atoms in total. The maximum atomic E-state index is 9.18. The van der Waals surface area contributed by atoms with Crippen molar-refractivity contribution in [2.24, 2.45) is 0 Å². The van der Waals surface area contributed by atoms with E-state index in [-0.39, 0.29) is 6.61 Å². The summed E-state index contributed by atoms with van der Waals surface area (Å²) in [7, 11) is 0. The Morgan fingerprint density at radius 1 is 0.963 bits per heavy atom. The first-order valence-corrected chi connectivity index (χ1v) is 9.99. The fourth-order valence-corrected chi connectivity index (χ4v) is 3.90. The molecule has 27 heavy (non-hydrogen) atoms. The molecule has 3 N–H and O–H groups in total. The van der Waals surface area contributed by atoms with E-state index in [4.69, 9.17) is 4.74 Å². The van der Waals surface area contributed by atoms with Gasteiger partial charge in [-0.05, 0) is 0 Å². The topological polar surface area (TPSA) is 57.3 Å². The summed E-state index contributed by atoms with van der Waals surface area (Å²) in [5.41, 5.74) is 4.39. The molecular formula is C22H21AsN2O2. The van der Waals surface area contributed by atoms with Gasteiger partial charge < -0.3 is 0 Å². The van der Waals surface area contributed by atoms with E-state index in [9.17, 15) is 5.11 Å². The molecule has 0 amide bonds. The van der Waals surface area contributed by atoms with Gasteiger partial charge in [-0.3, -0.25) is 0 Å². The quantitative estimate of drug-likeness (QED) is 0.318. The summed E-state index contributed by atoms with van der Waals surface area (Å²) in [5.74, 6) is 0.875. The fourth-order valence-electron chi connectivity index (χ4n) is 3.36. The van der Waals surface area contributed by atoms with Crippen LogP contribution in [0.4, 0.5) is 5.69 Å². The molecule has 0 atom stereocenters. The number of fused-ring (bicyclic) bond motifs is 3. The molecule has 0 saturated carbocycles. The number of rotatable bonds is 7. The van der Waals surface area contributed by atoms with Crippen LogP contribution in [0.25, 0.3) is 21.8 Å². The number of ether oxygens (including phenoxy) is 1. The summed E-state index contributed by atoms with van der Waals surface area (Å²) in [5, 5.41) is 15.0. The second-order valence-corrected chi connectivity index (χ2v) is 7.45. The van der Waals surface area contributed by atoms with Crippen LogP contribution in [0, 0.1) is 0 Å². The monoisotopic (exact) mass is 420 g/mol. The molecule has 2 radical (unpaired) electrons. The van der Waals surface area contributed by atoms with Gasteiger partial charge in [0.05, 0.1) is 0 Å². The maximum absolute atomic E-state index is 9.18. The second-order valence-electron chi connectivity index (χ2n) is 6.44. The van der Waals surface area contributed by atoms with Gasteiger partial charge in [0.25, 0.3) is 0 Å². The standard InChI is InChI=1S/C22H21AsN2O2/c23-18-13-17-16-6-2-4-8-20(16)25-21(17)14-22(18)27-12-10-24-19-7-3-1-5-15(19)9-11-26/h1-8,13-14,24-26H,9-12H2. The van der Waals surface area contributed by atoms with E-state index in [1.165, 1.54) is 10.8 Å². The van der Waals surface area contributed by atoms with Crippen LogP contribution < -0.4 is 14.4 Å². The molecule has 0 spiro atoms. The third-order valence-electron chi connectivity index (χ3n) is 4.66. The van der Waals surface area contributed by atoms with Gasteiger partial charge in [0.1, 0.15) is 0 Å². The van der Waals surface area contributed by atoms with Crippen molar-refractivity contribution in [2.75, 3.05) is 25.1 Å². The van der Waals surface area contributed by atoms with Gasteiger partial charge in [-0.1, -0.05) is 0 Å². The van der Waals surface area contributed by atoms with E-state index in [1.54, 1.807) is 0 Å². The first kappa shape index (κ1) is 18.0. The van der Waals surface area contributed by atoms with Crippen LogP contribution in [-0.2, 0) is 6.42 Å². The number of aliphatic hydroxyl groups is 1. The van der Waals surface area contributed by atoms with E-state index < -0.39 is 0 Å². The van der Waals surface area contributed by atoms with Gasteiger partial charge in [0, 0.05) is 0 Å². The van der Waals surface area contributed by atoms with Gasteiger partial charge in [0.15, 0.2) is 0 Å². The third kappa shape index (κ3) is 3.82. The zero-order valence-electron chi connectivity index (χ0n) is 14.9. The number of aliphatic hydroxyl groups excluding tert-OH is 1. The van der Waals surface area contributed by atoms with E-state index in [2.05, 4.69) is 57.5 Å². The van der Waals surface area contributed by atoms with Gasteiger partial charge in [-0.2, -0.15) is 0 Å². The van der Waals surface area contributed by atoms with Crippen molar-refractivity contribution in [3.8, 4) is 5.75 Å². The molecule has 4 rings (SSSR count). The van der Waals surface area contributed by atoms with Crippen molar-refractivity contribution in [2.45, 2.75) is 6.42 Å². The molecule has 0 bridgehead atoms. The number of anilines is 1. The predicted octanol–water partition coefficient (Wildman–Crippen LogP) is 3.14. The van der Waals surface area contributed by atoms with Crippen molar-refractivity contribution >= 4 is 48.7 Å². The van der Waals surface area contributed by atoms with Crippen LogP contribution in [0.5, 0.6) is 5.75 Å². The SMILES string of the molecule is OCCc1ccccc1NCCOc1cc2[nH]c3ccccc3c2cc1[As]. The molecule has 136 valence electrons. The molecule has 0 fully saturated rings. The molecule has 3 aromatic carbocycles. The molecule has 0 aliphatic heterocycles. The van der Waals surface area contributed by atoms with E-state index >= 15 is 0 Å². The Balaban J connectivity index is 1.45. The molecular weight excluding hydrogens is 399 g/mol. The summed E-state index contributed by atoms with van der Waals surface area (Å²) in [4.78, 5) is 3.46. The number of para-hydroxylation sites is 2.